The van der Waals surface area contributed by atoms with Gasteiger partial charge in [0, 0.05) is 24.5 Å². The molecule has 5 heteroatoms. The van der Waals surface area contributed by atoms with E-state index in [2.05, 4.69) is 4.98 Å². The Morgan fingerprint density at radius 3 is 2.94 bits per heavy atom. The van der Waals surface area contributed by atoms with Crippen molar-refractivity contribution in [2.75, 3.05) is 13.7 Å². The van der Waals surface area contributed by atoms with Crippen LogP contribution >= 0.6 is 11.3 Å². The van der Waals surface area contributed by atoms with Crippen molar-refractivity contribution < 1.29 is 9.53 Å². The molecule has 0 spiro atoms. The number of carbonyl (C=O) groups is 1. The Balaban J connectivity index is 2.16. The SMILES string of the molecule is COC(=O)C(CN)(Cc1nccs1)CC1CC1. The summed E-state index contributed by atoms with van der Waals surface area (Å²) in [6.45, 7) is 0.329. The molecule has 1 aliphatic carbocycles. The molecule has 1 heterocycles. The summed E-state index contributed by atoms with van der Waals surface area (Å²) in [6.07, 6.45) is 5.60. The van der Waals surface area contributed by atoms with Gasteiger partial charge in [0.05, 0.1) is 17.5 Å². The number of nitrogens with zero attached hydrogens (tertiary/aromatic N) is 1. The van der Waals surface area contributed by atoms with Gasteiger partial charge in [-0.15, -0.1) is 11.3 Å². The summed E-state index contributed by atoms with van der Waals surface area (Å²) in [7, 11) is 1.43. The molecule has 2 N–H and O–H groups in total. The lowest BCUT2D eigenvalue weighted by Crippen LogP contribution is -2.42. The number of hydrogen-bond donors (Lipinski definition) is 1. The zero-order valence-corrected chi connectivity index (χ0v) is 10.8. The summed E-state index contributed by atoms with van der Waals surface area (Å²) in [5.74, 6) is 0.444. The van der Waals surface area contributed by atoms with E-state index < -0.39 is 5.41 Å². The zero-order valence-electron chi connectivity index (χ0n) is 10.0. The second-order valence-electron chi connectivity index (χ2n) is 4.73. The van der Waals surface area contributed by atoms with E-state index in [1.165, 1.54) is 20.0 Å². The molecule has 0 bridgehead atoms. The van der Waals surface area contributed by atoms with E-state index in [0.29, 0.717) is 18.9 Å². The smallest absolute Gasteiger partial charge is 0.313 e. The average molecular weight is 254 g/mol. The van der Waals surface area contributed by atoms with Crippen LogP contribution in [-0.2, 0) is 16.0 Å². The number of thiazole rings is 1. The molecule has 0 radical (unpaired) electrons. The van der Waals surface area contributed by atoms with Crippen molar-refractivity contribution in [3.05, 3.63) is 16.6 Å². The van der Waals surface area contributed by atoms with Crippen LogP contribution in [0.15, 0.2) is 11.6 Å². The first kappa shape index (κ1) is 12.5. The highest BCUT2D eigenvalue weighted by Gasteiger charge is 2.43. The zero-order chi connectivity index (χ0) is 12.3. The maximum Gasteiger partial charge on any atom is 0.313 e. The number of aromatic nitrogens is 1. The number of ether oxygens (including phenoxy) is 1. The fourth-order valence-electron chi connectivity index (χ4n) is 2.19. The minimum atomic E-state index is -0.576. The van der Waals surface area contributed by atoms with Crippen LogP contribution in [0.3, 0.4) is 0 Å². The van der Waals surface area contributed by atoms with Crippen molar-refractivity contribution in [2.24, 2.45) is 17.1 Å². The van der Waals surface area contributed by atoms with Crippen molar-refractivity contribution in [1.29, 1.82) is 0 Å². The van der Waals surface area contributed by atoms with Crippen LogP contribution in [0.5, 0.6) is 0 Å². The lowest BCUT2D eigenvalue weighted by molar-refractivity contribution is -0.153. The predicted molar refractivity (Wildman–Crippen MR) is 66.7 cm³/mol. The van der Waals surface area contributed by atoms with Crippen molar-refractivity contribution >= 4 is 17.3 Å². The third-order valence-electron chi connectivity index (χ3n) is 3.36. The van der Waals surface area contributed by atoms with E-state index in [-0.39, 0.29) is 5.97 Å². The largest absolute Gasteiger partial charge is 0.469 e. The first-order chi connectivity index (χ1) is 8.20. The maximum absolute atomic E-state index is 12.0. The van der Waals surface area contributed by atoms with E-state index >= 15 is 0 Å². The van der Waals surface area contributed by atoms with Gasteiger partial charge < -0.3 is 10.5 Å². The maximum atomic E-state index is 12.0. The molecule has 1 aliphatic rings. The van der Waals surface area contributed by atoms with Crippen LogP contribution in [0.1, 0.15) is 24.3 Å². The standard InChI is InChI=1S/C12H18N2O2S/c1-16-11(15)12(8-13,6-9-2-3-9)7-10-14-4-5-17-10/h4-5,9H,2-3,6-8,13H2,1H3. The number of hydrogen-bond acceptors (Lipinski definition) is 5. The fraction of sp³-hybridized carbons (Fsp3) is 0.667. The topological polar surface area (TPSA) is 65.2 Å². The molecular formula is C12H18N2O2S. The molecule has 1 saturated carbocycles. The highest BCUT2D eigenvalue weighted by molar-refractivity contribution is 7.09. The number of carbonyl (C=O) groups excluding carboxylic acids is 1. The van der Waals surface area contributed by atoms with Gasteiger partial charge in [-0.2, -0.15) is 0 Å². The van der Waals surface area contributed by atoms with Gasteiger partial charge in [-0.3, -0.25) is 4.79 Å². The van der Waals surface area contributed by atoms with Gasteiger partial charge in [0.25, 0.3) is 0 Å². The molecule has 0 aliphatic heterocycles. The first-order valence-corrected chi connectivity index (χ1v) is 6.75. The lowest BCUT2D eigenvalue weighted by atomic mass is 9.79. The predicted octanol–water partition coefficient (Wildman–Crippen LogP) is 1.60. The number of nitrogens with two attached hydrogens (primary N) is 1. The van der Waals surface area contributed by atoms with Crippen LogP contribution in [0.4, 0.5) is 0 Å². The summed E-state index contributed by atoms with van der Waals surface area (Å²) in [5, 5.41) is 2.88. The van der Waals surface area contributed by atoms with Crippen molar-refractivity contribution in [1.82, 2.24) is 4.98 Å². The second-order valence-corrected chi connectivity index (χ2v) is 5.71. The summed E-state index contributed by atoms with van der Waals surface area (Å²) < 4.78 is 4.94. The van der Waals surface area contributed by atoms with Crippen LogP contribution in [0.2, 0.25) is 0 Å². The average Bonchev–Trinajstić information content (AvgIpc) is 3.01. The Hall–Kier alpha value is -0.940. The summed E-state index contributed by atoms with van der Waals surface area (Å²) >= 11 is 1.57. The van der Waals surface area contributed by atoms with Gasteiger partial charge in [-0.1, -0.05) is 12.8 Å². The van der Waals surface area contributed by atoms with Gasteiger partial charge in [0.1, 0.15) is 0 Å². The Morgan fingerprint density at radius 1 is 1.71 bits per heavy atom. The van der Waals surface area contributed by atoms with Crippen LogP contribution in [-0.4, -0.2) is 24.6 Å². The molecule has 1 fully saturated rings. The molecule has 2 rings (SSSR count). The van der Waals surface area contributed by atoms with Gasteiger partial charge in [0.15, 0.2) is 0 Å². The van der Waals surface area contributed by atoms with E-state index in [9.17, 15) is 4.79 Å². The van der Waals surface area contributed by atoms with Gasteiger partial charge >= 0.3 is 5.97 Å². The quantitative estimate of drug-likeness (QED) is 0.783. The van der Waals surface area contributed by atoms with Crippen LogP contribution < -0.4 is 5.73 Å². The van der Waals surface area contributed by atoms with Crippen LogP contribution in [0, 0.1) is 11.3 Å². The number of methoxy groups -OCH3 is 1. The van der Waals surface area contributed by atoms with E-state index in [1.54, 1.807) is 17.5 Å². The Morgan fingerprint density at radius 2 is 2.47 bits per heavy atom. The molecule has 0 amide bonds. The summed E-state index contributed by atoms with van der Waals surface area (Å²) in [6, 6.07) is 0. The summed E-state index contributed by atoms with van der Waals surface area (Å²) in [4.78, 5) is 16.3. The minimum Gasteiger partial charge on any atom is -0.469 e. The monoisotopic (exact) mass is 254 g/mol. The molecule has 1 atom stereocenters. The Kier molecular flexibility index (Phi) is 3.79. The van der Waals surface area contributed by atoms with E-state index in [4.69, 9.17) is 10.5 Å². The minimum absolute atomic E-state index is 0.192. The first-order valence-electron chi connectivity index (χ1n) is 5.87. The van der Waals surface area contributed by atoms with Gasteiger partial charge in [-0.25, -0.2) is 4.98 Å². The van der Waals surface area contributed by atoms with Crippen LogP contribution in [0.25, 0.3) is 0 Å². The molecule has 0 saturated heterocycles. The Bertz CT molecular complexity index is 376. The van der Waals surface area contributed by atoms with Crippen molar-refractivity contribution in [2.45, 2.75) is 25.7 Å². The number of rotatable bonds is 6. The third kappa shape index (κ3) is 2.84. The highest BCUT2D eigenvalue weighted by atomic mass is 32.1. The van der Waals surface area contributed by atoms with Crippen molar-refractivity contribution in [3.63, 3.8) is 0 Å². The molecule has 94 valence electrons. The van der Waals surface area contributed by atoms with Gasteiger partial charge in [0.2, 0.25) is 0 Å². The second kappa shape index (κ2) is 5.14. The fourth-order valence-corrected chi connectivity index (χ4v) is 2.95. The third-order valence-corrected chi connectivity index (χ3v) is 4.14. The molecule has 0 aromatic carbocycles. The molecule has 4 nitrogen and oxygen atoms in total. The molecule has 1 unspecified atom stereocenters. The lowest BCUT2D eigenvalue weighted by Gasteiger charge is -2.28. The van der Waals surface area contributed by atoms with E-state index in [0.717, 1.165) is 11.4 Å². The Labute approximate surface area is 105 Å². The van der Waals surface area contributed by atoms with Gasteiger partial charge in [-0.05, 0) is 12.3 Å². The van der Waals surface area contributed by atoms with Crippen molar-refractivity contribution in [3.8, 4) is 0 Å². The molecule has 1 aromatic rings. The number of esters is 1. The molecular weight excluding hydrogens is 236 g/mol. The highest BCUT2D eigenvalue weighted by Crippen LogP contribution is 2.42. The summed E-state index contributed by atoms with van der Waals surface area (Å²) in [5.41, 5.74) is 5.28. The molecule has 17 heavy (non-hydrogen) atoms. The normalized spacial score (nSPS) is 18.7. The molecule has 1 aromatic heterocycles. The van der Waals surface area contributed by atoms with E-state index in [1.807, 2.05) is 5.38 Å².